The SMILES string of the molecule is CC1(C)c2ccccc2-c2ccc(N(c3ccc(-c4cccc(-c5ccc6ccccc6c5)c4)cc3)c3cccc(-n4c5ccccc5c5ccccc54)c3)cc21. The first-order valence-corrected chi connectivity index (χ1v) is 19.8. The first-order valence-electron chi connectivity index (χ1n) is 19.8. The highest BCUT2D eigenvalue weighted by molar-refractivity contribution is 6.09. The molecule has 2 nitrogen and oxygen atoms in total. The Morgan fingerprint density at radius 2 is 0.947 bits per heavy atom. The Balaban J connectivity index is 1.04. The summed E-state index contributed by atoms with van der Waals surface area (Å²) in [4.78, 5) is 2.42. The third-order valence-corrected chi connectivity index (χ3v) is 12.2. The quantitative estimate of drug-likeness (QED) is 0.165. The fourth-order valence-electron chi connectivity index (χ4n) is 9.30. The van der Waals surface area contributed by atoms with Gasteiger partial charge in [-0.2, -0.15) is 0 Å². The summed E-state index contributed by atoms with van der Waals surface area (Å²) < 4.78 is 2.40. The van der Waals surface area contributed by atoms with Crippen molar-refractivity contribution in [3.8, 4) is 39.1 Å². The molecule has 9 aromatic carbocycles. The van der Waals surface area contributed by atoms with E-state index in [-0.39, 0.29) is 5.41 Å². The Hall–Kier alpha value is -7.16. The molecular weight excluding hydrogens is 689 g/mol. The van der Waals surface area contributed by atoms with Gasteiger partial charge < -0.3 is 9.47 Å². The van der Waals surface area contributed by atoms with Crippen LogP contribution in [0, 0.1) is 0 Å². The molecule has 0 amide bonds. The summed E-state index contributed by atoms with van der Waals surface area (Å²) in [5.74, 6) is 0. The minimum absolute atomic E-state index is 0.113. The maximum Gasteiger partial charge on any atom is 0.0541 e. The van der Waals surface area contributed by atoms with Gasteiger partial charge in [0.1, 0.15) is 0 Å². The molecule has 1 aliphatic rings. The predicted molar refractivity (Wildman–Crippen MR) is 241 cm³/mol. The molecule has 0 unspecified atom stereocenters. The third kappa shape index (κ3) is 5.40. The van der Waals surface area contributed by atoms with Gasteiger partial charge >= 0.3 is 0 Å². The minimum Gasteiger partial charge on any atom is -0.310 e. The Morgan fingerprint density at radius 1 is 0.368 bits per heavy atom. The summed E-state index contributed by atoms with van der Waals surface area (Å²) in [6.45, 7) is 4.71. The van der Waals surface area contributed by atoms with Crippen LogP contribution in [0.4, 0.5) is 17.1 Å². The van der Waals surface area contributed by atoms with Crippen LogP contribution >= 0.6 is 0 Å². The smallest absolute Gasteiger partial charge is 0.0541 e. The zero-order valence-corrected chi connectivity index (χ0v) is 32.0. The van der Waals surface area contributed by atoms with E-state index in [1.807, 2.05) is 0 Å². The number of aromatic nitrogens is 1. The van der Waals surface area contributed by atoms with Gasteiger partial charge in [-0.25, -0.2) is 0 Å². The lowest BCUT2D eigenvalue weighted by Crippen LogP contribution is -2.16. The molecule has 1 heterocycles. The van der Waals surface area contributed by atoms with Crippen LogP contribution in [-0.2, 0) is 5.41 Å². The molecule has 0 bridgehead atoms. The third-order valence-electron chi connectivity index (χ3n) is 12.2. The number of benzene rings is 9. The van der Waals surface area contributed by atoms with Crippen LogP contribution in [-0.4, -0.2) is 4.57 Å². The van der Waals surface area contributed by atoms with Crippen LogP contribution in [0.1, 0.15) is 25.0 Å². The summed E-state index contributed by atoms with van der Waals surface area (Å²) in [5.41, 5.74) is 17.0. The Morgan fingerprint density at radius 3 is 1.74 bits per heavy atom. The van der Waals surface area contributed by atoms with E-state index in [1.54, 1.807) is 0 Å². The Bertz CT molecular complexity index is 3110. The van der Waals surface area contributed by atoms with Gasteiger partial charge in [-0.05, 0) is 122 Å². The van der Waals surface area contributed by atoms with Crippen molar-refractivity contribution in [3.05, 3.63) is 217 Å². The number of hydrogen-bond acceptors (Lipinski definition) is 1. The largest absolute Gasteiger partial charge is 0.310 e. The van der Waals surface area contributed by atoms with Gasteiger partial charge in [-0.1, -0.05) is 153 Å². The van der Waals surface area contributed by atoms with E-state index in [0.717, 1.165) is 22.7 Å². The molecule has 10 aromatic rings. The zero-order chi connectivity index (χ0) is 38.1. The second-order valence-electron chi connectivity index (χ2n) is 15.8. The second-order valence-corrected chi connectivity index (χ2v) is 15.8. The van der Waals surface area contributed by atoms with Crippen molar-refractivity contribution in [3.63, 3.8) is 0 Å². The molecule has 0 spiro atoms. The van der Waals surface area contributed by atoms with E-state index in [0.29, 0.717) is 0 Å². The van der Waals surface area contributed by atoms with Gasteiger partial charge in [0.2, 0.25) is 0 Å². The second kappa shape index (κ2) is 13.0. The Labute approximate surface area is 333 Å². The number of rotatable bonds is 6. The topological polar surface area (TPSA) is 8.17 Å². The van der Waals surface area contributed by atoms with Gasteiger partial charge in [-0.3, -0.25) is 0 Å². The van der Waals surface area contributed by atoms with E-state index in [2.05, 4.69) is 230 Å². The molecule has 2 heteroatoms. The lowest BCUT2D eigenvalue weighted by atomic mass is 9.82. The molecular formula is C55H40N2. The fraction of sp³-hybridized carbons (Fsp3) is 0.0545. The number of para-hydroxylation sites is 2. The molecule has 1 aliphatic carbocycles. The molecule has 0 N–H and O–H groups in total. The van der Waals surface area contributed by atoms with Crippen LogP contribution in [0.3, 0.4) is 0 Å². The van der Waals surface area contributed by atoms with Gasteiger partial charge in [0.15, 0.2) is 0 Å². The molecule has 1 aromatic heterocycles. The molecule has 0 saturated heterocycles. The number of nitrogens with zero attached hydrogens (tertiary/aromatic N) is 2. The van der Waals surface area contributed by atoms with E-state index in [4.69, 9.17) is 0 Å². The normalized spacial score (nSPS) is 12.9. The highest BCUT2D eigenvalue weighted by Gasteiger charge is 2.35. The fourth-order valence-corrected chi connectivity index (χ4v) is 9.30. The maximum atomic E-state index is 2.42. The molecule has 11 rings (SSSR count). The van der Waals surface area contributed by atoms with Crippen molar-refractivity contribution in [2.75, 3.05) is 4.90 Å². The summed E-state index contributed by atoms with van der Waals surface area (Å²) in [7, 11) is 0. The van der Waals surface area contributed by atoms with Crippen LogP contribution in [0.25, 0.3) is 71.6 Å². The molecule has 0 atom stereocenters. The van der Waals surface area contributed by atoms with Gasteiger partial charge in [0.05, 0.1) is 11.0 Å². The van der Waals surface area contributed by atoms with Crippen LogP contribution < -0.4 is 4.90 Å². The van der Waals surface area contributed by atoms with Crippen molar-refractivity contribution < 1.29 is 0 Å². The average Bonchev–Trinajstić information content (AvgIpc) is 3.72. The van der Waals surface area contributed by atoms with Crippen LogP contribution in [0.2, 0.25) is 0 Å². The summed E-state index contributed by atoms with van der Waals surface area (Å²) in [5, 5.41) is 5.03. The average molecular weight is 729 g/mol. The van der Waals surface area contributed by atoms with Gasteiger partial charge in [0, 0.05) is 38.9 Å². The number of hydrogen-bond donors (Lipinski definition) is 0. The Kier molecular flexibility index (Phi) is 7.55. The summed E-state index contributed by atoms with van der Waals surface area (Å²) in [6, 6.07) is 75.7. The van der Waals surface area contributed by atoms with Crippen molar-refractivity contribution in [2.45, 2.75) is 19.3 Å². The number of anilines is 3. The summed E-state index contributed by atoms with van der Waals surface area (Å²) >= 11 is 0. The highest BCUT2D eigenvalue weighted by Crippen LogP contribution is 2.51. The highest BCUT2D eigenvalue weighted by atomic mass is 15.1. The molecule has 0 aliphatic heterocycles. The predicted octanol–water partition coefficient (Wildman–Crippen LogP) is 15.0. The minimum atomic E-state index is -0.113. The zero-order valence-electron chi connectivity index (χ0n) is 32.0. The lowest BCUT2D eigenvalue weighted by Gasteiger charge is -2.28. The van der Waals surface area contributed by atoms with Crippen molar-refractivity contribution in [1.29, 1.82) is 0 Å². The molecule has 0 saturated carbocycles. The van der Waals surface area contributed by atoms with E-state index in [1.165, 1.54) is 77.1 Å². The molecule has 57 heavy (non-hydrogen) atoms. The van der Waals surface area contributed by atoms with Crippen molar-refractivity contribution >= 4 is 49.6 Å². The molecule has 0 radical (unpaired) electrons. The maximum absolute atomic E-state index is 2.42. The van der Waals surface area contributed by atoms with E-state index in [9.17, 15) is 0 Å². The van der Waals surface area contributed by atoms with Crippen molar-refractivity contribution in [1.82, 2.24) is 4.57 Å². The van der Waals surface area contributed by atoms with E-state index >= 15 is 0 Å². The standard InChI is InChI=1S/C55H40N2/c1-55(2)51-22-8-5-19-47(51)48-32-31-46(36-52(48)55)56(44-17-12-18-45(35-44)57-53-23-9-6-20-49(53)50-21-7-10-24-54(50)57)43-29-27-38(28-30-43)40-15-11-16-41(33-40)42-26-25-37-13-3-4-14-39(37)34-42/h3-36H,1-2H3. The monoisotopic (exact) mass is 728 g/mol. The number of fused-ring (bicyclic) bond motifs is 7. The van der Waals surface area contributed by atoms with Crippen LogP contribution in [0.15, 0.2) is 206 Å². The van der Waals surface area contributed by atoms with Gasteiger partial charge in [-0.15, -0.1) is 0 Å². The first kappa shape index (κ1) is 33.2. The molecule has 0 fully saturated rings. The molecule has 270 valence electrons. The van der Waals surface area contributed by atoms with Crippen molar-refractivity contribution in [2.24, 2.45) is 0 Å². The lowest BCUT2D eigenvalue weighted by molar-refractivity contribution is 0.660. The summed E-state index contributed by atoms with van der Waals surface area (Å²) in [6.07, 6.45) is 0. The van der Waals surface area contributed by atoms with E-state index < -0.39 is 0 Å². The van der Waals surface area contributed by atoms with Gasteiger partial charge in [0.25, 0.3) is 0 Å². The first-order chi connectivity index (χ1) is 28.0. The van der Waals surface area contributed by atoms with Crippen LogP contribution in [0.5, 0.6) is 0 Å².